The Hall–Kier alpha value is -3.34. The summed E-state index contributed by atoms with van der Waals surface area (Å²) in [5, 5.41) is 4.64. The third-order valence-corrected chi connectivity index (χ3v) is 3.91. The van der Waals surface area contributed by atoms with E-state index in [1.165, 1.54) is 6.07 Å². The van der Waals surface area contributed by atoms with E-state index in [1.807, 2.05) is 48.5 Å². The lowest BCUT2D eigenvalue weighted by atomic mass is 10.2. The lowest BCUT2D eigenvalue weighted by molar-refractivity contribution is 0.587. The van der Waals surface area contributed by atoms with Crippen molar-refractivity contribution in [1.29, 1.82) is 0 Å². The van der Waals surface area contributed by atoms with Gasteiger partial charge in [-0.1, -0.05) is 30.3 Å². The van der Waals surface area contributed by atoms with Gasteiger partial charge in [0.25, 0.3) is 0 Å². The highest BCUT2D eigenvalue weighted by Gasteiger charge is 2.14. The van der Waals surface area contributed by atoms with Crippen molar-refractivity contribution in [3.05, 3.63) is 90.5 Å². The minimum atomic E-state index is -0.246. The molecule has 0 saturated heterocycles. The van der Waals surface area contributed by atoms with Crippen molar-refractivity contribution in [3.8, 4) is 22.8 Å². The SMILES string of the molecule is Fc1ccccc1Cn1nc(-c2ccccn2)cc1-c1ccccn1. The van der Waals surface area contributed by atoms with Gasteiger partial charge in [-0.2, -0.15) is 5.10 Å². The quantitative estimate of drug-likeness (QED) is 0.563. The Morgan fingerprint density at radius 3 is 2.12 bits per heavy atom. The predicted octanol–water partition coefficient (Wildman–Crippen LogP) is 4.19. The van der Waals surface area contributed by atoms with Crippen molar-refractivity contribution in [2.24, 2.45) is 0 Å². The fourth-order valence-corrected chi connectivity index (χ4v) is 2.69. The van der Waals surface area contributed by atoms with Crippen LogP contribution in [0.3, 0.4) is 0 Å². The van der Waals surface area contributed by atoms with Crippen molar-refractivity contribution < 1.29 is 4.39 Å². The number of benzene rings is 1. The largest absolute Gasteiger partial charge is 0.258 e. The Kier molecular flexibility index (Phi) is 4.04. The summed E-state index contributed by atoms with van der Waals surface area (Å²) in [6.07, 6.45) is 3.46. The summed E-state index contributed by atoms with van der Waals surface area (Å²) in [6, 6.07) is 20.0. The van der Waals surface area contributed by atoms with E-state index in [4.69, 9.17) is 0 Å². The standard InChI is InChI=1S/C20H15FN4/c21-16-8-2-1-7-15(16)14-25-20(18-10-4-6-12-23-18)13-19(24-25)17-9-3-5-11-22-17/h1-13H,14H2. The molecule has 0 amide bonds. The highest BCUT2D eigenvalue weighted by Crippen LogP contribution is 2.25. The van der Waals surface area contributed by atoms with Crippen molar-refractivity contribution in [2.45, 2.75) is 6.54 Å². The summed E-state index contributed by atoms with van der Waals surface area (Å²) in [4.78, 5) is 8.76. The Morgan fingerprint density at radius 2 is 1.44 bits per heavy atom. The van der Waals surface area contributed by atoms with E-state index < -0.39 is 0 Å². The Bertz CT molecular complexity index is 981. The fraction of sp³-hybridized carbons (Fsp3) is 0.0500. The second kappa shape index (κ2) is 6.65. The van der Waals surface area contributed by atoms with E-state index in [0.717, 1.165) is 22.8 Å². The summed E-state index contributed by atoms with van der Waals surface area (Å²) in [5.74, 6) is -0.246. The summed E-state index contributed by atoms with van der Waals surface area (Å²) in [7, 11) is 0. The first-order valence-corrected chi connectivity index (χ1v) is 7.95. The number of aromatic nitrogens is 4. The molecule has 4 aromatic rings. The van der Waals surface area contributed by atoms with Crippen LogP contribution in [0.4, 0.5) is 4.39 Å². The monoisotopic (exact) mass is 330 g/mol. The van der Waals surface area contributed by atoms with Gasteiger partial charge in [-0.05, 0) is 36.4 Å². The first-order chi connectivity index (χ1) is 12.3. The average molecular weight is 330 g/mol. The van der Waals surface area contributed by atoms with Crippen molar-refractivity contribution in [3.63, 3.8) is 0 Å². The molecule has 0 fully saturated rings. The predicted molar refractivity (Wildman–Crippen MR) is 94.2 cm³/mol. The lowest BCUT2D eigenvalue weighted by Gasteiger charge is -2.08. The van der Waals surface area contributed by atoms with Crippen molar-refractivity contribution in [1.82, 2.24) is 19.7 Å². The van der Waals surface area contributed by atoms with Crippen LogP contribution in [0.15, 0.2) is 79.1 Å². The minimum Gasteiger partial charge on any atom is -0.258 e. The Balaban J connectivity index is 1.81. The number of nitrogens with zero attached hydrogens (tertiary/aromatic N) is 4. The molecule has 0 aliphatic heterocycles. The van der Waals surface area contributed by atoms with Gasteiger partial charge in [-0.25, -0.2) is 4.39 Å². The van der Waals surface area contributed by atoms with Gasteiger partial charge in [0.15, 0.2) is 0 Å². The molecule has 0 atom stereocenters. The van der Waals surface area contributed by atoms with Crippen LogP contribution in [-0.2, 0) is 6.54 Å². The van der Waals surface area contributed by atoms with Crippen LogP contribution in [0.1, 0.15) is 5.56 Å². The van der Waals surface area contributed by atoms with Crippen LogP contribution < -0.4 is 0 Å². The first-order valence-electron chi connectivity index (χ1n) is 7.95. The van der Waals surface area contributed by atoms with Gasteiger partial charge in [-0.3, -0.25) is 14.6 Å². The van der Waals surface area contributed by atoms with Gasteiger partial charge < -0.3 is 0 Å². The molecule has 5 heteroatoms. The van der Waals surface area contributed by atoms with E-state index in [2.05, 4.69) is 15.1 Å². The molecule has 0 aliphatic carbocycles. The lowest BCUT2D eigenvalue weighted by Crippen LogP contribution is -2.06. The zero-order valence-electron chi connectivity index (χ0n) is 13.4. The maximum atomic E-state index is 14.1. The number of hydrogen-bond donors (Lipinski definition) is 0. The molecule has 0 bridgehead atoms. The third-order valence-electron chi connectivity index (χ3n) is 3.91. The summed E-state index contributed by atoms with van der Waals surface area (Å²) < 4.78 is 15.8. The molecule has 0 saturated carbocycles. The Labute approximate surface area is 144 Å². The molecule has 0 aliphatic rings. The molecule has 3 heterocycles. The van der Waals surface area contributed by atoms with Crippen LogP contribution >= 0.6 is 0 Å². The van der Waals surface area contributed by atoms with Gasteiger partial charge in [0.05, 0.1) is 23.6 Å². The summed E-state index contributed by atoms with van der Waals surface area (Å²) in [5.41, 5.74) is 3.69. The van der Waals surface area contributed by atoms with Crippen LogP contribution in [0.25, 0.3) is 22.8 Å². The molecular formula is C20H15FN4. The normalized spacial score (nSPS) is 10.8. The second-order valence-corrected chi connectivity index (χ2v) is 5.59. The van der Waals surface area contributed by atoms with E-state index in [9.17, 15) is 4.39 Å². The molecule has 4 rings (SSSR count). The van der Waals surface area contributed by atoms with Gasteiger partial charge in [0.2, 0.25) is 0 Å². The maximum Gasteiger partial charge on any atom is 0.128 e. The molecule has 1 aromatic carbocycles. The van der Waals surface area contributed by atoms with Crippen molar-refractivity contribution >= 4 is 0 Å². The average Bonchev–Trinajstić information content (AvgIpc) is 3.09. The number of rotatable bonds is 4. The van der Waals surface area contributed by atoms with Crippen LogP contribution in [0.5, 0.6) is 0 Å². The molecule has 122 valence electrons. The third kappa shape index (κ3) is 3.17. The maximum absolute atomic E-state index is 14.1. The smallest absolute Gasteiger partial charge is 0.128 e. The topological polar surface area (TPSA) is 43.6 Å². The molecular weight excluding hydrogens is 315 g/mol. The fourth-order valence-electron chi connectivity index (χ4n) is 2.69. The molecule has 0 radical (unpaired) electrons. The molecule has 3 aromatic heterocycles. The van der Waals surface area contributed by atoms with E-state index in [1.54, 1.807) is 29.2 Å². The van der Waals surface area contributed by atoms with E-state index in [-0.39, 0.29) is 5.82 Å². The first kappa shape index (κ1) is 15.2. The molecule has 25 heavy (non-hydrogen) atoms. The van der Waals surface area contributed by atoms with Crippen LogP contribution in [-0.4, -0.2) is 19.7 Å². The zero-order valence-corrected chi connectivity index (χ0v) is 13.4. The summed E-state index contributed by atoms with van der Waals surface area (Å²) >= 11 is 0. The molecule has 0 spiro atoms. The highest BCUT2D eigenvalue weighted by atomic mass is 19.1. The summed E-state index contributed by atoms with van der Waals surface area (Å²) in [6.45, 7) is 0.325. The number of halogens is 1. The number of pyridine rings is 2. The van der Waals surface area contributed by atoms with Gasteiger partial charge in [0.1, 0.15) is 11.5 Å². The van der Waals surface area contributed by atoms with Crippen LogP contribution in [0, 0.1) is 5.82 Å². The van der Waals surface area contributed by atoms with Crippen LogP contribution in [0.2, 0.25) is 0 Å². The highest BCUT2D eigenvalue weighted by molar-refractivity contribution is 5.64. The molecule has 4 nitrogen and oxygen atoms in total. The Morgan fingerprint density at radius 1 is 0.760 bits per heavy atom. The number of hydrogen-bond acceptors (Lipinski definition) is 3. The molecule has 0 unspecified atom stereocenters. The van der Waals surface area contributed by atoms with E-state index in [0.29, 0.717) is 12.1 Å². The second-order valence-electron chi connectivity index (χ2n) is 5.59. The van der Waals surface area contributed by atoms with Gasteiger partial charge in [-0.15, -0.1) is 0 Å². The van der Waals surface area contributed by atoms with E-state index >= 15 is 0 Å². The zero-order chi connectivity index (χ0) is 17.1. The molecule has 0 N–H and O–H groups in total. The van der Waals surface area contributed by atoms with Gasteiger partial charge >= 0.3 is 0 Å². The van der Waals surface area contributed by atoms with Crippen molar-refractivity contribution in [2.75, 3.05) is 0 Å². The minimum absolute atomic E-state index is 0.246. The van der Waals surface area contributed by atoms with Gasteiger partial charge in [0, 0.05) is 18.0 Å².